The maximum Gasteiger partial charge on any atom is 0.323 e. The lowest BCUT2D eigenvalue weighted by Gasteiger charge is -2.19. The zero-order valence-corrected chi connectivity index (χ0v) is 8.04. The van der Waals surface area contributed by atoms with Gasteiger partial charge in [0.25, 0.3) is 0 Å². The van der Waals surface area contributed by atoms with Crippen molar-refractivity contribution in [2.24, 2.45) is 0 Å². The molecule has 1 amide bonds. The highest BCUT2D eigenvalue weighted by atomic mass is 16.4. The number of amides is 1. The number of aliphatic carboxylic acids is 1. The van der Waals surface area contributed by atoms with Crippen molar-refractivity contribution >= 4 is 19.7 Å². The van der Waals surface area contributed by atoms with Crippen molar-refractivity contribution < 1.29 is 14.7 Å². The number of carbonyl (C=O) groups excluding carboxylic acids is 1. The fraction of sp³-hybridized carbons (Fsp3) is 0.714. The summed E-state index contributed by atoms with van der Waals surface area (Å²) in [5, 5.41) is 11.4. The van der Waals surface area contributed by atoms with Gasteiger partial charge in [-0.25, -0.2) is 0 Å². The summed E-state index contributed by atoms with van der Waals surface area (Å²) in [4.78, 5) is 22.9. The van der Waals surface area contributed by atoms with Crippen LogP contribution in [0.3, 0.4) is 0 Å². The van der Waals surface area contributed by atoms with Gasteiger partial charge in [0.15, 0.2) is 0 Å². The predicted molar refractivity (Wildman–Crippen MR) is 51.5 cm³/mol. The third-order valence-electron chi connectivity index (χ3n) is 1.61. The quantitative estimate of drug-likeness (QED) is 0.478. The number of nitrogens with zero attached hydrogens (tertiary/aromatic N) is 1. The highest BCUT2D eigenvalue weighted by Gasteiger charge is 2.13. The molecule has 2 N–H and O–H groups in total. The summed E-state index contributed by atoms with van der Waals surface area (Å²) in [6.45, 7) is 0.836. The van der Waals surface area contributed by atoms with E-state index in [4.69, 9.17) is 5.11 Å². The summed E-state index contributed by atoms with van der Waals surface area (Å²) in [5.41, 5.74) is 0. The normalized spacial score (nSPS) is 9.62. The zero-order valence-electron chi connectivity index (χ0n) is 8.04. The molecule has 5 nitrogen and oxygen atoms in total. The van der Waals surface area contributed by atoms with Crippen LogP contribution in [0.1, 0.15) is 0 Å². The molecule has 74 valence electrons. The van der Waals surface area contributed by atoms with Crippen LogP contribution in [0.5, 0.6) is 0 Å². The van der Waals surface area contributed by atoms with Crippen LogP contribution in [-0.2, 0) is 9.59 Å². The van der Waals surface area contributed by atoms with E-state index in [9.17, 15) is 9.59 Å². The minimum Gasteiger partial charge on any atom is -0.480 e. The fourth-order valence-corrected chi connectivity index (χ4v) is 0.926. The first kappa shape index (κ1) is 12.0. The van der Waals surface area contributed by atoms with Crippen LogP contribution >= 0.6 is 0 Å². The van der Waals surface area contributed by atoms with Gasteiger partial charge in [0.2, 0.25) is 5.91 Å². The summed E-state index contributed by atoms with van der Waals surface area (Å²) in [7, 11) is 3.48. The summed E-state index contributed by atoms with van der Waals surface area (Å²) < 4.78 is 0. The molecule has 0 rings (SSSR count). The smallest absolute Gasteiger partial charge is 0.323 e. The van der Waals surface area contributed by atoms with Crippen molar-refractivity contribution in [3.05, 3.63) is 0 Å². The Hall–Kier alpha value is -1.04. The number of carboxylic acids is 1. The minimum atomic E-state index is -0.974. The molecular formula is C7H15BN2O3. The molecular weight excluding hydrogens is 171 g/mol. The van der Waals surface area contributed by atoms with Crippen molar-refractivity contribution in [3.63, 3.8) is 0 Å². The summed E-state index contributed by atoms with van der Waals surface area (Å²) >= 11 is 0. The van der Waals surface area contributed by atoms with E-state index in [0.717, 1.165) is 0 Å². The molecule has 0 aliphatic heterocycles. The minimum absolute atomic E-state index is 0.127. The number of hydrogen-bond donors (Lipinski definition) is 2. The lowest BCUT2D eigenvalue weighted by molar-refractivity contribution is -0.143. The molecule has 0 unspecified atom stereocenters. The molecule has 0 radical (unpaired) electrons. The molecule has 0 atom stereocenters. The van der Waals surface area contributed by atoms with Gasteiger partial charge in [-0.05, 0) is 13.4 Å². The van der Waals surface area contributed by atoms with Crippen LogP contribution in [0.4, 0.5) is 0 Å². The van der Waals surface area contributed by atoms with E-state index in [0.29, 0.717) is 19.4 Å². The number of rotatable bonds is 6. The SMILES string of the molecule is BCC(=O)N(CCNC)CC(=O)O. The van der Waals surface area contributed by atoms with Gasteiger partial charge >= 0.3 is 5.97 Å². The Balaban J connectivity index is 4.02. The van der Waals surface area contributed by atoms with E-state index in [1.165, 1.54) is 4.90 Å². The highest BCUT2D eigenvalue weighted by molar-refractivity contribution is 6.19. The molecule has 0 aromatic rings. The van der Waals surface area contributed by atoms with Crippen LogP contribution in [0.2, 0.25) is 6.32 Å². The van der Waals surface area contributed by atoms with E-state index < -0.39 is 5.97 Å². The molecule has 13 heavy (non-hydrogen) atoms. The molecule has 0 aliphatic rings. The molecule has 0 fully saturated rings. The van der Waals surface area contributed by atoms with Crippen molar-refractivity contribution in [1.29, 1.82) is 0 Å². The largest absolute Gasteiger partial charge is 0.480 e. The van der Waals surface area contributed by atoms with Crippen LogP contribution in [0, 0.1) is 0 Å². The summed E-state index contributed by atoms with van der Waals surface area (Å²) in [6, 6.07) is 0. The lowest BCUT2D eigenvalue weighted by Crippen LogP contribution is -2.39. The fourth-order valence-electron chi connectivity index (χ4n) is 0.926. The Labute approximate surface area is 78.5 Å². The maximum absolute atomic E-state index is 11.2. The first-order chi connectivity index (χ1) is 6.11. The van der Waals surface area contributed by atoms with E-state index in [2.05, 4.69) is 5.32 Å². The lowest BCUT2D eigenvalue weighted by atomic mass is 10.0. The van der Waals surface area contributed by atoms with Crippen LogP contribution < -0.4 is 5.32 Å². The van der Waals surface area contributed by atoms with Gasteiger partial charge < -0.3 is 15.3 Å². The van der Waals surface area contributed by atoms with Crippen LogP contribution in [0.25, 0.3) is 0 Å². The third kappa shape index (κ3) is 5.24. The number of carboxylic acid groups (broad SMARTS) is 1. The molecule has 0 bridgehead atoms. The number of carbonyl (C=O) groups is 2. The van der Waals surface area contributed by atoms with Gasteiger partial charge in [-0.2, -0.15) is 0 Å². The van der Waals surface area contributed by atoms with E-state index in [-0.39, 0.29) is 12.5 Å². The number of nitrogens with one attached hydrogen (secondary N) is 1. The monoisotopic (exact) mass is 186 g/mol. The molecule has 0 saturated carbocycles. The number of hydrogen-bond acceptors (Lipinski definition) is 3. The van der Waals surface area contributed by atoms with Crippen molar-refractivity contribution in [3.8, 4) is 0 Å². The van der Waals surface area contributed by atoms with Gasteiger partial charge in [-0.15, -0.1) is 0 Å². The molecule has 0 aliphatic carbocycles. The second kappa shape index (κ2) is 6.48. The van der Waals surface area contributed by atoms with E-state index in [1.54, 1.807) is 14.9 Å². The second-order valence-corrected chi connectivity index (χ2v) is 2.67. The van der Waals surface area contributed by atoms with Crippen LogP contribution in [-0.4, -0.2) is 56.4 Å². The Morgan fingerprint density at radius 3 is 2.54 bits per heavy atom. The van der Waals surface area contributed by atoms with Crippen LogP contribution in [0.15, 0.2) is 0 Å². The van der Waals surface area contributed by atoms with Gasteiger partial charge in [-0.1, -0.05) is 0 Å². The van der Waals surface area contributed by atoms with Gasteiger partial charge in [0.1, 0.15) is 14.4 Å². The standard InChI is InChI=1S/C7H15BN2O3/c1-9-2-3-10(5-7(12)13)6(11)4-8/h9H,2-5,8H2,1H3,(H,12,13). The number of likely N-dealkylation sites (N-methyl/N-ethyl adjacent to an activating group) is 1. The van der Waals surface area contributed by atoms with Gasteiger partial charge in [0, 0.05) is 13.1 Å². The average molecular weight is 186 g/mol. The third-order valence-corrected chi connectivity index (χ3v) is 1.61. The second-order valence-electron chi connectivity index (χ2n) is 2.67. The van der Waals surface area contributed by atoms with Crippen molar-refractivity contribution in [1.82, 2.24) is 10.2 Å². The molecule has 0 saturated heterocycles. The Morgan fingerprint density at radius 1 is 1.54 bits per heavy atom. The first-order valence-corrected chi connectivity index (χ1v) is 4.26. The first-order valence-electron chi connectivity index (χ1n) is 4.26. The summed E-state index contributed by atoms with van der Waals surface area (Å²) in [5.74, 6) is -1.10. The Bertz CT molecular complexity index is 187. The molecule has 6 heteroatoms. The Morgan fingerprint density at radius 2 is 2.15 bits per heavy atom. The summed E-state index contributed by atoms with van der Waals surface area (Å²) in [6.07, 6.45) is 0.344. The van der Waals surface area contributed by atoms with Gasteiger partial charge in [-0.3, -0.25) is 9.59 Å². The topological polar surface area (TPSA) is 69.6 Å². The predicted octanol–water partition coefficient (Wildman–Crippen LogP) is -1.83. The maximum atomic E-state index is 11.2. The average Bonchev–Trinajstić information content (AvgIpc) is 2.10. The van der Waals surface area contributed by atoms with Gasteiger partial charge in [0.05, 0.1) is 0 Å². The molecule has 0 aromatic heterocycles. The van der Waals surface area contributed by atoms with Crippen molar-refractivity contribution in [2.45, 2.75) is 6.32 Å². The van der Waals surface area contributed by atoms with E-state index >= 15 is 0 Å². The van der Waals surface area contributed by atoms with Crippen molar-refractivity contribution in [2.75, 3.05) is 26.7 Å². The zero-order chi connectivity index (χ0) is 10.3. The Kier molecular flexibility index (Phi) is 5.96. The molecule has 0 heterocycles. The van der Waals surface area contributed by atoms with E-state index in [1.807, 2.05) is 0 Å². The molecule has 0 spiro atoms. The molecule has 0 aromatic carbocycles. The highest BCUT2D eigenvalue weighted by Crippen LogP contribution is 1.92.